The Kier molecular flexibility index (Phi) is 5.82. The van der Waals surface area contributed by atoms with E-state index in [1.807, 2.05) is 81.4 Å². The molecule has 1 aliphatic carbocycles. The van der Waals surface area contributed by atoms with Crippen LogP contribution >= 0.6 is 0 Å². The van der Waals surface area contributed by atoms with Gasteiger partial charge in [0.05, 0.1) is 11.2 Å². The van der Waals surface area contributed by atoms with E-state index in [4.69, 9.17) is 15.6 Å². The van der Waals surface area contributed by atoms with Gasteiger partial charge in [-0.05, 0) is 57.2 Å². The van der Waals surface area contributed by atoms with Crippen molar-refractivity contribution in [1.82, 2.24) is 9.88 Å². The van der Waals surface area contributed by atoms with Crippen molar-refractivity contribution >= 4 is 17.6 Å². The Bertz CT molecular complexity index is 1310. The lowest BCUT2D eigenvalue weighted by atomic mass is 9.69. The highest BCUT2D eigenvalue weighted by atomic mass is 16.5. The Morgan fingerprint density at radius 3 is 2.36 bits per heavy atom. The van der Waals surface area contributed by atoms with Crippen LogP contribution in [0, 0.1) is 0 Å². The van der Waals surface area contributed by atoms with Crippen LogP contribution in [0.15, 0.2) is 65.8 Å². The lowest BCUT2D eigenvalue weighted by Crippen LogP contribution is -2.60. The van der Waals surface area contributed by atoms with Crippen LogP contribution in [-0.4, -0.2) is 39.1 Å². The second-order valence-electron chi connectivity index (χ2n) is 10.3. The first-order chi connectivity index (χ1) is 17.2. The highest BCUT2D eigenvalue weighted by Crippen LogP contribution is 2.50. The van der Waals surface area contributed by atoms with Crippen LogP contribution in [0.2, 0.25) is 0 Å². The van der Waals surface area contributed by atoms with Gasteiger partial charge in [-0.1, -0.05) is 54.6 Å². The maximum absolute atomic E-state index is 12.3. The number of carboxylic acid groups (broad SMARTS) is 1. The number of anilines is 1. The van der Waals surface area contributed by atoms with Gasteiger partial charge in [0.15, 0.2) is 5.84 Å². The van der Waals surface area contributed by atoms with E-state index in [1.165, 1.54) is 0 Å². The van der Waals surface area contributed by atoms with Crippen LogP contribution in [0.1, 0.15) is 45.6 Å². The molecule has 1 amide bonds. The number of amides is 1. The highest BCUT2D eigenvalue weighted by Gasteiger charge is 2.50. The second-order valence-corrected chi connectivity index (χ2v) is 10.3. The third kappa shape index (κ3) is 4.02. The molecule has 1 fully saturated rings. The summed E-state index contributed by atoms with van der Waals surface area (Å²) in [5.74, 6) is 6.47. The normalized spacial score (nSPS) is 17.4. The predicted molar refractivity (Wildman–Crippen MR) is 141 cm³/mol. The molecule has 1 aromatic heterocycles. The predicted octanol–water partition coefficient (Wildman–Crippen LogP) is 5.65. The number of carbonyl (C=O) groups is 1. The lowest BCUT2D eigenvalue weighted by Gasteiger charge is -2.54. The summed E-state index contributed by atoms with van der Waals surface area (Å²) in [7, 11) is 0. The van der Waals surface area contributed by atoms with Crippen molar-refractivity contribution in [2.45, 2.75) is 51.1 Å². The van der Waals surface area contributed by atoms with E-state index in [0.29, 0.717) is 17.4 Å². The molecule has 0 atom stereocenters. The SMILES string of the molecule is CC(C)(C)N(C(=O)O)C1(c2ccc(-c3nc4c(cc3-c3ccccc3)N/C(=N\N)CO4)cc2)CCC1. The molecular weight excluding hydrogens is 454 g/mol. The number of hydrazone groups is 1. The number of pyridine rings is 1. The summed E-state index contributed by atoms with van der Waals surface area (Å²) in [5.41, 5.74) is 4.36. The fourth-order valence-corrected chi connectivity index (χ4v) is 5.36. The fraction of sp³-hybridized carbons (Fsp3) is 0.321. The standard InChI is InChI=1S/C28H31N5O3/c1-27(2,3)33(26(34)35)28(14-7-15-28)20-12-10-19(11-13-20)24-21(18-8-5-4-6-9-18)16-22-25(31-24)36-17-23(30-22)32-29/h4-6,8-13,16H,7,14-15,17,29H2,1-3H3,(H,30,32)(H,34,35). The van der Waals surface area contributed by atoms with Crippen LogP contribution in [-0.2, 0) is 5.54 Å². The first-order valence-electron chi connectivity index (χ1n) is 12.1. The number of nitrogens with two attached hydrogens (primary N) is 1. The Hall–Kier alpha value is -4.07. The average Bonchev–Trinajstić information content (AvgIpc) is 2.84. The van der Waals surface area contributed by atoms with Gasteiger partial charge in [0.2, 0.25) is 5.88 Å². The summed E-state index contributed by atoms with van der Waals surface area (Å²) in [5, 5.41) is 17.0. The number of nitrogens with zero attached hydrogens (tertiary/aromatic N) is 3. The minimum atomic E-state index is -0.890. The number of hydrogen-bond acceptors (Lipinski definition) is 5. The largest absolute Gasteiger partial charge is 0.468 e. The molecule has 5 rings (SSSR count). The maximum atomic E-state index is 12.3. The minimum Gasteiger partial charge on any atom is -0.468 e. The Morgan fingerprint density at radius 1 is 1.11 bits per heavy atom. The van der Waals surface area contributed by atoms with Crippen molar-refractivity contribution in [1.29, 1.82) is 0 Å². The zero-order valence-electron chi connectivity index (χ0n) is 20.8. The number of rotatable bonds is 4. The Labute approximate surface area is 210 Å². The van der Waals surface area contributed by atoms with Gasteiger partial charge in [-0.3, -0.25) is 4.90 Å². The summed E-state index contributed by atoms with van der Waals surface area (Å²) >= 11 is 0. The number of amidine groups is 1. The fourth-order valence-electron chi connectivity index (χ4n) is 5.36. The van der Waals surface area contributed by atoms with Gasteiger partial charge >= 0.3 is 6.09 Å². The molecule has 1 aliphatic heterocycles. The lowest BCUT2D eigenvalue weighted by molar-refractivity contribution is -0.0328. The van der Waals surface area contributed by atoms with Gasteiger partial charge in [-0.2, -0.15) is 5.10 Å². The molecule has 0 bridgehead atoms. The van der Waals surface area contributed by atoms with Crippen LogP contribution in [0.5, 0.6) is 5.88 Å². The minimum absolute atomic E-state index is 0.222. The molecule has 2 aliphatic rings. The van der Waals surface area contributed by atoms with Crippen molar-refractivity contribution in [3.8, 4) is 28.3 Å². The molecule has 8 nitrogen and oxygen atoms in total. The molecule has 8 heteroatoms. The zero-order valence-corrected chi connectivity index (χ0v) is 20.8. The topological polar surface area (TPSA) is 113 Å². The van der Waals surface area contributed by atoms with E-state index in [-0.39, 0.29) is 6.61 Å². The molecule has 1 saturated carbocycles. The van der Waals surface area contributed by atoms with E-state index in [0.717, 1.165) is 47.2 Å². The van der Waals surface area contributed by atoms with Crippen molar-refractivity contribution in [2.75, 3.05) is 11.9 Å². The van der Waals surface area contributed by atoms with Crippen LogP contribution < -0.4 is 15.9 Å². The molecule has 2 aromatic carbocycles. The van der Waals surface area contributed by atoms with Crippen molar-refractivity contribution in [3.05, 3.63) is 66.2 Å². The molecule has 0 spiro atoms. The molecule has 4 N–H and O–H groups in total. The summed E-state index contributed by atoms with van der Waals surface area (Å²) in [6.45, 7) is 6.08. The Balaban J connectivity index is 1.59. The monoisotopic (exact) mass is 485 g/mol. The van der Waals surface area contributed by atoms with Crippen LogP contribution in [0.25, 0.3) is 22.4 Å². The molecule has 36 heavy (non-hydrogen) atoms. The molecule has 3 aromatic rings. The van der Waals surface area contributed by atoms with Crippen LogP contribution in [0.3, 0.4) is 0 Å². The molecule has 0 radical (unpaired) electrons. The van der Waals surface area contributed by atoms with E-state index in [1.54, 1.807) is 4.90 Å². The van der Waals surface area contributed by atoms with E-state index in [2.05, 4.69) is 10.4 Å². The average molecular weight is 486 g/mol. The van der Waals surface area contributed by atoms with E-state index < -0.39 is 17.2 Å². The number of benzene rings is 2. The maximum Gasteiger partial charge on any atom is 0.408 e. The smallest absolute Gasteiger partial charge is 0.408 e. The van der Waals surface area contributed by atoms with Gasteiger partial charge < -0.3 is 21.0 Å². The summed E-state index contributed by atoms with van der Waals surface area (Å²) in [6, 6.07) is 20.2. The van der Waals surface area contributed by atoms with Gasteiger partial charge in [-0.15, -0.1) is 0 Å². The van der Waals surface area contributed by atoms with E-state index in [9.17, 15) is 9.90 Å². The number of aromatic nitrogens is 1. The highest BCUT2D eigenvalue weighted by molar-refractivity contribution is 6.00. The van der Waals surface area contributed by atoms with Gasteiger partial charge in [0.25, 0.3) is 0 Å². The molecule has 0 saturated heterocycles. The van der Waals surface area contributed by atoms with Crippen molar-refractivity contribution in [3.63, 3.8) is 0 Å². The van der Waals surface area contributed by atoms with Crippen molar-refractivity contribution < 1.29 is 14.6 Å². The third-order valence-corrected chi connectivity index (χ3v) is 7.02. The first kappa shape index (κ1) is 23.7. The number of fused-ring (bicyclic) bond motifs is 1. The summed E-state index contributed by atoms with van der Waals surface area (Å²) < 4.78 is 5.82. The Morgan fingerprint density at radius 2 is 1.81 bits per heavy atom. The quantitative estimate of drug-likeness (QED) is 0.325. The molecule has 186 valence electrons. The second kappa shape index (κ2) is 8.86. The van der Waals surface area contributed by atoms with Gasteiger partial charge in [0.1, 0.15) is 12.3 Å². The zero-order chi connectivity index (χ0) is 25.5. The van der Waals surface area contributed by atoms with Crippen LogP contribution in [0.4, 0.5) is 10.5 Å². The van der Waals surface area contributed by atoms with E-state index >= 15 is 0 Å². The summed E-state index contributed by atoms with van der Waals surface area (Å²) in [4.78, 5) is 18.8. The van der Waals surface area contributed by atoms with Gasteiger partial charge in [-0.25, -0.2) is 9.78 Å². The molecule has 2 heterocycles. The first-order valence-corrected chi connectivity index (χ1v) is 12.1. The third-order valence-electron chi connectivity index (χ3n) is 7.02. The van der Waals surface area contributed by atoms with Crippen molar-refractivity contribution in [2.24, 2.45) is 10.9 Å². The number of hydrogen-bond donors (Lipinski definition) is 3. The van der Waals surface area contributed by atoms with Gasteiger partial charge in [0, 0.05) is 16.7 Å². The summed E-state index contributed by atoms with van der Waals surface area (Å²) in [6.07, 6.45) is 1.74. The number of nitrogens with one attached hydrogen (secondary N) is 1. The molecule has 0 unspecified atom stereocenters. The molecular formula is C28H31N5O3. The number of ether oxygens (including phenoxy) is 1.